The average Bonchev–Trinajstić information content (AvgIpc) is 2.89. The van der Waals surface area contributed by atoms with Crippen LogP contribution >= 0.6 is 21.6 Å². The molecule has 0 saturated heterocycles. The minimum absolute atomic E-state index is 0.128. The summed E-state index contributed by atoms with van der Waals surface area (Å²) in [6, 6.07) is 44.0. The zero-order chi connectivity index (χ0) is 22.3. The van der Waals surface area contributed by atoms with Crippen LogP contribution in [0.2, 0.25) is 0 Å². The molecule has 0 aromatic heterocycles. The Hall–Kier alpha value is -2.42. The molecule has 0 amide bonds. The van der Waals surface area contributed by atoms with Crippen molar-refractivity contribution in [2.24, 2.45) is 0 Å². The van der Waals surface area contributed by atoms with E-state index in [0.29, 0.717) is 0 Å². The van der Waals surface area contributed by atoms with E-state index >= 15 is 0 Å². The molecule has 4 aromatic carbocycles. The Labute approximate surface area is 200 Å². The van der Waals surface area contributed by atoms with Gasteiger partial charge in [-0.3, -0.25) is 0 Å². The minimum atomic E-state index is -0.128. The lowest BCUT2D eigenvalue weighted by molar-refractivity contribution is 0.706. The van der Waals surface area contributed by atoms with Crippen molar-refractivity contribution in [2.75, 3.05) is 0 Å². The third-order valence-corrected chi connectivity index (χ3v) is 10.4. The quantitative estimate of drug-likeness (QED) is 0.231. The molecule has 0 nitrogen and oxygen atoms in total. The zero-order valence-electron chi connectivity index (χ0n) is 18.8. The van der Waals surface area contributed by atoms with Crippen molar-refractivity contribution in [1.29, 1.82) is 0 Å². The Morgan fingerprint density at radius 3 is 0.812 bits per heavy atom. The van der Waals surface area contributed by atoms with Crippen molar-refractivity contribution in [3.05, 3.63) is 144 Å². The summed E-state index contributed by atoms with van der Waals surface area (Å²) in [5, 5.41) is 0. The lowest BCUT2D eigenvalue weighted by Crippen LogP contribution is -2.26. The summed E-state index contributed by atoms with van der Waals surface area (Å²) in [5.74, 6) is 0. The van der Waals surface area contributed by atoms with E-state index in [9.17, 15) is 0 Å². The summed E-state index contributed by atoms with van der Waals surface area (Å²) in [4.78, 5) is 0. The maximum Gasteiger partial charge on any atom is 0.0758 e. The van der Waals surface area contributed by atoms with Crippen molar-refractivity contribution in [2.45, 2.75) is 36.2 Å². The van der Waals surface area contributed by atoms with Crippen LogP contribution in [0, 0.1) is 0 Å². The Bertz CT molecular complexity index is 907. The van der Waals surface area contributed by atoms with Crippen LogP contribution in [0.15, 0.2) is 121 Å². The maximum atomic E-state index is 2.31. The van der Waals surface area contributed by atoms with Gasteiger partial charge in [-0.15, -0.1) is 0 Å². The van der Waals surface area contributed by atoms with Gasteiger partial charge in [-0.1, -0.05) is 157 Å². The van der Waals surface area contributed by atoms with Crippen LogP contribution in [0.1, 0.15) is 48.9 Å². The highest BCUT2D eigenvalue weighted by Crippen LogP contribution is 2.59. The smallest absolute Gasteiger partial charge is 0.0758 e. The largest absolute Gasteiger partial charge is 0.0763 e. The lowest BCUT2D eigenvalue weighted by atomic mass is 9.88. The van der Waals surface area contributed by atoms with Gasteiger partial charge in [0.2, 0.25) is 0 Å². The number of hydrogen-bond acceptors (Lipinski definition) is 2. The van der Waals surface area contributed by atoms with Crippen molar-refractivity contribution in [3.8, 4) is 0 Å². The van der Waals surface area contributed by atoms with Crippen LogP contribution in [0.4, 0.5) is 0 Å². The van der Waals surface area contributed by atoms with Gasteiger partial charge in [0, 0.05) is 0 Å². The first kappa shape index (κ1) is 22.8. The minimum Gasteiger partial charge on any atom is -0.0763 e. The highest BCUT2D eigenvalue weighted by Gasteiger charge is 2.40. The van der Waals surface area contributed by atoms with Crippen molar-refractivity contribution >= 4 is 21.6 Å². The van der Waals surface area contributed by atoms with Crippen LogP contribution in [0.25, 0.3) is 0 Å². The Kier molecular flexibility index (Phi) is 7.44. The van der Waals surface area contributed by atoms with Gasteiger partial charge in [-0.05, 0) is 35.1 Å². The Morgan fingerprint density at radius 2 is 0.625 bits per heavy atom. The first-order valence-electron chi connectivity index (χ1n) is 11.3. The molecule has 0 aliphatic carbocycles. The van der Waals surface area contributed by atoms with E-state index in [1.54, 1.807) is 0 Å². The monoisotopic (exact) mass is 454 g/mol. The summed E-state index contributed by atoms with van der Waals surface area (Å²) in [5.41, 5.74) is 5.43. The molecule has 32 heavy (non-hydrogen) atoms. The summed E-state index contributed by atoms with van der Waals surface area (Å²) >= 11 is 0. The molecule has 0 unspecified atom stereocenters. The van der Waals surface area contributed by atoms with Crippen molar-refractivity contribution < 1.29 is 0 Å². The summed E-state index contributed by atoms with van der Waals surface area (Å²) in [7, 11) is 4.03. The summed E-state index contributed by atoms with van der Waals surface area (Å²) in [6.07, 6.45) is 2.03. The first-order chi connectivity index (χ1) is 15.7. The summed E-state index contributed by atoms with van der Waals surface area (Å²) in [6.45, 7) is 4.62. The van der Waals surface area contributed by atoms with E-state index in [1.165, 1.54) is 22.3 Å². The fourth-order valence-corrected chi connectivity index (χ4v) is 8.60. The second-order valence-corrected chi connectivity index (χ2v) is 10.7. The Balaban J connectivity index is 1.83. The molecule has 0 fully saturated rings. The van der Waals surface area contributed by atoms with Gasteiger partial charge in [0.25, 0.3) is 0 Å². The van der Waals surface area contributed by atoms with Gasteiger partial charge in [-0.25, -0.2) is 0 Å². The Morgan fingerprint density at radius 1 is 0.406 bits per heavy atom. The fraction of sp³-hybridized carbons (Fsp3) is 0.200. The van der Waals surface area contributed by atoms with E-state index in [2.05, 4.69) is 135 Å². The molecule has 4 rings (SSSR count). The summed E-state index contributed by atoms with van der Waals surface area (Å²) < 4.78 is -0.256. The molecule has 162 valence electrons. The number of benzene rings is 4. The number of rotatable bonds is 9. The highest BCUT2D eigenvalue weighted by molar-refractivity contribution is 8.77. The lowest BCUT2D eigenvalue weighted by Gasteiger charge is -2.39. The third-order valence-electron chi connectivity index (χ3n) is 6.28. The zero-order valence-corrected chi connectivity index (χ0v) is 20.4. The van der Waals surface area contributed by atoms with Gasteiger partial charge in [-0.2, -0.15) is 0 Å². The van der Waals surface area contributed by atoms with E-state index in [-0.39, 0.29) is 9.49 Å². The molecule has 0 heterocycles. The molecule has 0 bridgehead atoms. The van der Waals surface area contributed by atoms with Gasteiger partial charge < -0.3 is 0 Å². The van der Waals surface area contributed by atoms with Gasteiger partial charge in [0.1, 0.15) is 0 Å². The molecule has 2 heteroatoms. The van der Waals surface area contributed by atoms with Crippen LogP contribution in [-0.4, -0.2) is 0 Å². The molecular weight excluding hydrogens is 424 g/mol. The fourth-order valence-electron chi connectivity index (χ4n) is 4.43. The molecule has 0 saturated carbocycles. The molecule has 0 atom stereocenters. The van der Waals surface area contributed by atoms with Gasteiger partial charge >= 0.3 is 0 Å². The van der Waals surface area contributed by atoms with E-state index in [4.69, 9.17) is 0 Å². The van der Waals surface area contributed by atoms with Crippen LogP contribution in [0.5, 0.6) is 0 Å². The SMILES string of the molecule is CCC(SSC(CC)(c1ccccc1)c1ccccc1)(c1ccccc1)c1ccccc1. The maximum absolute atomic E-state index is 2.31. The average molecular weight is 455 g/mol. The molecule has 0 spiro atoms. The predicted molar refractivity (Wildman–Crippen MR) is 143 cm³/mol. The van der Waals surface area contributed by atoms with Crippen molar-refractivity contribution in [1.82, 2.24) is 0 Å². The first-order valence-corrected chi connectivity index (χ1v) is 13.5. The molecule has 4 aromatic rings. The molecule has 0 aliphatic heterocycles. The topological polar surface area (TPSA) is 0 Å². The van der Waals surface area contributed by atoms with Gasteiger partial charge in [0.05, 0.1) is 9.49 Å². The molecule has 0 radical (unpaired) electrons. The second kappa shape index (κ2) is 10.5. The normalized spacial score (nSPS) is 11.9. The standard InChI is InChI=1S/C30H30S2/c1-3-29(25-17-9-5-10-18-25,26-19-11-6-12-20-26)31-32-30(4-2,27-21-13-7-14-22-27)28-23-15-8-16-24-28/h5-24H,3-4H2,1-2H3. The predicted octanol–water partition coefficient (Wildman–Crippen LogP) is 9.08. The van der Waals surface area contributed by atoms with Crippen LogP contribution < -0.4 is 0 Å². The molecular formula is C30H30S2. The van der Waals surface area contributed by atoms with Crippen LogP contribution in [-0.2, 0) is 9.49 Å². The highest BCUT2D eigenvalue weighted by atomic mass is 33.1. The van der Waals surface area contributed by atoms with Gasteiger partial charge in [0.15, 0.2) is 0 Å². The van der Waals surface area contributed by atoms with E-state index < -0.39 is 0 Å². The second-order valence-electron chi connectivity index (χ2n) is 7.99. The third kappa shape index (κ3) is 4.40. The molecule has 0 N–H and O–H groups in total. The van der Waals surface area contributed by atoms with E-state index in [0.717, 1.165) is 12.8 Å². The van der Waals surface area contributed by atoms with E-state index in [1.807, 2.05) is 21.6 Å². The van der Waals surface area contributed by atoms with Crippen LogP contribution in [0.3, 0.4) is 0 Å². The molecule has 0 aliphatic rings. The van der Waals surface area contributed by atoms with Crippen molar-refractivity contribution in [3.63, 3.8) is 0 Å². The number of hydrogen-bond donors (Lipinski definition) is 0.